The zero-order valence-electron chi connectivity index (χ0n) is 18.3. The average Bonchev–Trinajstić information content (AvgIpc) is 3.37. The second-order valence-corrected chi connectivity index (χ2v) is 8.56. The first-order chi connectivity index (χ1) is 16.1. The number of fused-ring (bicyclic) bond motifs is 1. The van der Waals surface area contributed by atoms with E-state index in [9.17, 15) is 9.59 Å². The predicted molar refractivity (Wildman–Crippen MR) is 129 cm³/mol. The maximum Gasteiger partial charge on any atom is 0.278 e. The first kappa shape index (κ1) is 21.3. The van der Waals surface area contributed by atoms with Gasteiger partial charge in [-0.2, -0.15) is 0 Å². The lowest BCUT2D eigenvalue weighted by Gasteiger charge is -2.22. The summed E-state index contributed by atoms with van der Waals surface area (Å²) >= 11 is 6.08. The fourth-order valence-electron chi connectivity index (χ4n) is 4.50. The Bertz CT molecular complexity index is 1250. The summed E-state index contributed by atoms with van der Waals surface area (Å²) in [5.41, 5.74) is 4.77. The first-order valence-electron chi connectivity index (χ1n) is 10.9. The summed E-state index contributed by atoms with van der Waals surface area (Å²) < 4.78 is 5.21. The van der Waals surface area contributed by atoms with E-state index in [-0.39, 0.29) is 11.8 Å². The predicted octanol–water partition coefficient (Wildman–Crippen LogP) is 4.73. The Hall–Kier alpha value is -3.57. The highest BCUT2D eigenvalue weighted by Gasteiger charge is 2.42. The van der Waals surface area contributed by atoms with Crippen LogP contribution in [0.1, 0.15) is 16.7 Å². The lowest BCUT2D eigenvalue weighted by Crippen LogP contribution is -2.36. The van der Waals surface area contributed by atoms with Crippen molar-refractivity contribution in [2.45, 2.75) is 12.8 Å². The van der Waals surface area contributed by atoms with Crippen LogP contribution in [0.25, 0.3) is 5.57 Å². The molecule has 0 spiro atoms. The molecule has 0 aromatic heterocycles. The molecule has 2 heterocycles. The molecule has 0 atom stereocenters. The smallest absolute Gasteiger partial charge is 0.278 e. The van der Waals surface area contributed by atoms with Gasteiger partial charge in [0.25, 0.3) is 11.8 Å². The molecule has 5 nitrogen and oxygen atoms in total. The molecule has 0 fully saturated rings. The van der Waals surface area contributed by atoms with Gasteiger partial charge in [0.15, 0.2) is 0 Å². The van der Waals surface area contributed by atoms with Gasteiger partial charge in [-0.1, -0.05) is 54.1 Å². The number of hydrogen-bond donors (Lipinski definition) is 0. The fourth-order valence-corrected chi connectivity index (χ4v) is 4.62. The van der Waals surface area contributed by atoms with Crippen molar-refractivity contribution in [3.8, 4) is 5.75 Å². The van der Waals surface area contributed by atoms with Crippen LogP contribution in [0, 0.1) is 0 Å². The summed E-state index contributed by atoms with van der Waals surface area (Å²) in [7, 11) is 1.62. The van der Waals surface area contributed by atoms with Crippen LogP contribution in [0.4, 0.5) is 5.69 Å². The third-order valence-corrected chi connectivity index (χ3v) is 6.47. The number of carbonyl (C=O) groups is 2. The van der Waals surface area contributed by atoms with E-state index < -0.39 is 0 Å². The van der Waals surface area contributed by atoms with E-state index in [1.807, 2.05) is 47.4 Å². The van der Waals surface area contributed by atoms with Crippen molar-refractivity contribution in [1.82, 2.24) is 4.90 Å². The Morgan fingerprint density at radius 3 is 2.36 bits per heavy atom. The molecule has 0 bridgehead atoms. The molecule has 2 amide bonds. The summed E-state index contributed by atoms with van der Waals surface area (Å²) in [5.74, 6) is 0.249. The molecule has 2 aliphatic rings. The van der Waals surface area contributed by atoms with Crippen LogP contribution < -0.4 is 9.64 Å². The van der Waals surface area contributed by atoms with Gasteiger partial charge in [0.1, 0.15) is 11.4 Å². The summed E-state index contributed by atoms with van der Waals surface area (Å²) in [5, 5.41) is 0.584. The first-order valence-corrected chi connectivity index (χ1v) is 11.3. The molecule has 0 unspecified atom stereocenters. The molecule has 5 rings (SSSR count). The number of rotatable bonds is 6. The standard InChI is InChI=1S/C27H23ClN2O3/c1-33-22-12-6-18(7-13-22)14-16-30-26(31)24(20-8-10-21(28)11-9-20)25(27(30)32)29-17-15-19-4-2-3-5-23(19)29/h2-13H,14-17H2,1H3. The van der Waals surface area contributed by atoms with Gasteiger partial charge in [-0.15, -0.1) is 0 Å². The van der Waals surface area contributed by atoms with Crippen LogP contribution >= 0.6 is 11.6 Å². The SMILES string of the molecule is COc1ccc(CCN2C(=O)C(c3ccc(Cl)cc3)=C(N3CCc4ccccc43)C2=O)cc1. The molecule has 3 aromatic carbocycles. The van der Waals surface area contributed by atoms with E-state index in [4.69, 9.17) is 16.3 Å². The molecule has 0 radical (unpaired) electrons. The number of para-hydroxylation sites is 1. The molecule has 3 aromatic rings. The van der Waals surface area contributed by atoms with Gasteiger partial charge in [-0.25, -0.2) is 0 Å². The van der Waals surface area contributed by atoms with Crippen molar-refractivity contribution < 1.29 is 14.3 Å². The maximum atomic E-state index is 13.6. The normalized spacial score (nSPS) is 15.5. The number of ether oxygens (including phenoxy) is 1. The molecule has 33 heavy (non-hydrogen) atoms. The zero-order valence-corrected chi connectivity index (χ0v) is 19.0. The van der Waals surface area contributed by atoms with Crippen LogP contribution in [0.15, 0.2) is 78.5 Å². The van der Waals surface area contributed by atoms with E-state index >= 15 is 0 Å². The molecule has 166 valence electrons. The van der Waals surface area contributed by atoms with Gasteiger partial charge in [-0.05, 0) is 59.9 Å². The second-order valence-electron chi connectivity index (χ2n) is 8.12. The summed E-state index contributed by atoms with van der Waals surface area (Å²) in [6.07, 6.45) is 1.40. The third-order valence-electron chi connectivity index (χ3n) is 6.22. The van der Waals surface area contributed by atoms with E-state index in [2.05, 4.69) is 6.07 Å². The van der Waals surface area contributed by atoms with Crippen LogP contribution in [0.3, 0.4) is 0 Å². The van der Waals surface area contributed by atoms with Crippen LogP contribution in [0.2, 0.25) is 5.02 Å². The Kier molecular flexibility index (Phi) is 5.65. The quantitative estimate of drug-likeness (QED) is 0.501. The molecular formula is C27H23ClN2O3. The highest BCUT2D eigenvalue weighted by Crippen LogP contribution is 2.38. The molecule has 0 aliphatic carbocycles. The minimum absolute atomic E-state index is 0.254. The van der Waals surface area contributed by atoms with Crippen molar-refractivity contribution >= 4 is 34.7 Å². The van der Waals surface area contributed by atoms with E-state index in [0.717, 1.165) is 23.4 Å². The Balaban J connectivity index is 1.49. The average molecular weight is 459 g/mol. The lowest BCUT2D eigenvalue weighted by molar-refractivity contribution is -0.136. The number of anilines is 1. The number of methoxy groups -OCH3 is 1. The third kappa shape index (κ3) is 3.89. The number of nitrogens with zero attached hydrogens (tertiary/aromatic N) is 2. The van der Waals surface area contributed by atoms with Crippen molar-refractivity contribution in [3.63, 3.8) is 0 Å². The van der Waals surface area contributed by atoms with Gasteiger partial charge in [-0.3, -0.25) is 14.5 Å². The topological polar surface area (TPSA) is 49.9 Å². The number of benzene rings is 3. The molecule has 0 saturated carbocycles. The van der Waals surface area contributed by atoms with Gasteiger partial charge >= 0.3 is 0 Å². The van der Waals surface area contributed by atoms with E-state index in [1.165, 1.54) is 10.5 Å². The van der Waals surface area contributed by atoms with Crippen molar-refractivity contribution in [2.24, 2.45) is 0 Å². The van der Waals surface area contributed by atoms with Crippen molar-refractivity contribution in [1.29, 1.82) is 0 Å². The lowest BCUT2D eigenvalue weighted by atomic mass is 10.0. The number of halogens is 1. The summed E-state index contributed by atoms with van der Waals surface area (Å²) in [4.78, 5) is 30.6. The molecule has 2 aliphatic heterocycles. The number of carbonyl (C=O) groups excluding carboxylic acids is 2. The van der Waals surface area contributed by atoms with Gasteiger partial charge in [0.2, 0.25) is 0 Å². The minimum Gasteiger partial charge on any atom is -0.497 e. The van der Waals surface area contributed by atoms with Crippen LogP contribution in [-0.2, 0) is 22.4 Å². The molecular weight excluding hydrogens is 436 g/mol. The molecule has 6 heteroatoms. The van der Waals surface area contributed by atoms with Crippen molar-refractivity contribution in [2.75, 3.05) is 25.1 Å². The van der Waals surface area contributed by atoms with Gasteiger partial charge in [0.05, 0.1) is 12.7 Å². The van der Waals surface area contributed by atoms with E-state index in [1.54, 1.807) is 31.4 Å². The second kappa shape index (κ2) is 8.75. The monoisotopic (exact) mass is 458 g/mol. The number of hydrogen-bond acceptors (Lipinski definition) is 4. The number of amides is 2. The Morgan fingerprint density at radius 2 is 1.64 bits per heavy atom. The Morgan fingerprint density at radius 1 is 0.909 bits per heavy atom. The minimum atomic E-state index is -0.268. The largest absolute Gasteiger partial charge is 0.497 e. The molecule has 0 saturated heterocycles. The highest BCUT2D eigenvalue weighted by molar-refractivity contribution is 6.37. The zero-order chi connectivity index (χ0) is 22.9. The van der Waals surface area contributed by atoms with Crippen LogP contribution in [-0.4, -0.2) is 36.9 Å². The fraction of sp³-hybridized carbons (Fsp3) is 0.185. The van der Waals surface area contributed by atoms with E-state index in [0.29, 0.717) is 41.4 Å². The van der Waals surface area contributed by atoms with Gasteiger partial charge < -0.3 is 9.64 Å². The van der Waals surface area contributed by atoms with Crippen molar-refractivity contribution in [3.05, 3.63) is 100 Å². The molecule has 0 N–H and O–H groups in total. The highest BCUT2D eigenvalue weighted by atomic mass is 35.5. The van der Waals surface area contributed by atoms with Gasteiger partial charge in [0, 0.05) is 23.8 Å². The summed E-state index contributed by atoms with van der Waals surface area (Å²) in [6.45, 7) is 0.969. The van der Waals surface area contributed by atoms with Crippen LogP contribution in [0.5, 0.6) is 5.75 Å². The maximum absolute atomic E-state index is 13.6. The summed E-state index contributed by atoms with van der Waals surface area (Å²) in [6, 6.07) is 22.8. The Labute approximate surface area is 197 Å². The number of imide groups is 1.